The molecular weight excluding hydrogens is 230 g/mol. The minimum absolute atomic E-state index is 0.579. The number of hydrazone groups is 1. The largest absolute Gasteiger partial charge is 0.331 e. The summed E-state index contributed by atoms with van der Waals surface area (Å²) in [7, 11) is 1.81. The van der Waals surface area contributed by atoms with Gasteiger partial charge in [0.05, 0.1) is 5.71 Å². The number of thiocarbonyl (C=S) groups is 1. The molecule has 3 nitrogen and oxygen atoms in total. The molecule has 1 N–H and O–H groups in total. The van der Waals surface area contributed by atoms with E-state index in [4.69, 9.17) is 23.8 Å². The van der Waals surface area contributed by atoms with Gasteiger partial charge < -0.3 is 5.32 Å². The third-order valence-electron chi connectivity index (χ3n) is 2.21. The molecule has 1 aliphatic heterocycles. The molecule has 0 saturated carbocycles. The first-order chi connectivity index (χ1) is 7.08. The second kappa shape index (κ2) is 3.79. The third kappa shape index (κ3) is 1.96. The molecule has 1 heterocycles. The van der Waals surface area contributed by atoms with E-state index in [-0.39, 0.29) is 0 Å². The van der Waals surface area contributed by atoms with Crippen molar-refractivity contribution >= 4 is 40.3 Å². The molecule has 2 rings (SSSR count). The van der Waals surface area contributed by atoms with Crippen molar-refractivity contribution in [3.8, 4) is 0 Å². The van der Waals surface area contributed by atoms with Gasteiger partial charge in [-0.25, -0.2) is 5.01 Å². The van der Waals surface area contributed by atoms with Crippen molar-refractivity contribution in [1.82, 2.24) is 5.01 Å². The van der Waals surface area contributed by atoms with E-state index in [1.165, 1.54) is 0 Å². The Bertz CT molecular complexity index is 456. The lowest BCUT2D eigenvalue weighted by Gasteiger charge is -2.12. The lowest BCUT2D eigenvalue weighted by molar-refractivity contribution is 0.555. The summed E-state index contributed by atoms with van der Waals surface area (Å²) in [4.78, 5) is 0. The summed E-state index contributed by atoms with van der Waals surface area (Å²) in [6, 6.07) is 5.61. The molecule has 0 aliphatic carbocycles. The summed E-state index contributed by atoms with van der Waals surface area (Å²) in [5, 5.41) is 10.4. The van der Waals surface area contributed by atoms with Crippen LogP contribution < -0.4 is 5.32 Å². The van der Waals surface area contributed by atoms with Crippen LogP contribution in [0.2, 0.25) is 5.02 Å². The maximum atomic E-state index is 5.94. The van der Waals surface area contributed by atoms with E-state index in [0.717, 1.165) is 17.0 Å². The van der Waals surface area contributed by atoms with Crippen molar-refractivity contribution in [3.05, 3.63) is 28.8 Å². The number of rotatable bonds is 0. The Morgan fingerprint density at radius 2 is 2.20 bits per heavy atom. The Hall–Kier alpha value is -1.13. The van der Waals surface area contributed by atoms with E-state index < -0.39 is 0 Å². The van der Waals surface area contributed by atoms with E-state index in [2.05, 4.69) is 10.4 Å². The summed E-state index contributed by atoms with van der Waals surface area (Å²) in [5.41, 5.74) is 2.81. The van der Waals surface area contributed by atoms with Crippen LogP contribution in [0.25, 0.3) is 0 Å². The Morgan fingerprint density at radius 3 is 2.93 bits per heavy atom. The molecule has 0 spiro atoms. The molecule has 0 radical (unpaired) electrons. The lowest BCUT2D eigenvalue weighted by atomic mass is 10.1. The van der Waals surface area contributed by atoms with Gasteiger partial charge in [-0.15, -0.1) is 0 Å². The average molecular weight is 240 g/mol. The molecule has 0 saturated heterocycles. The molecule has 0 bridgehead atoms. The first-order valence-corrected chi connectivity index (χ1v) is 5.26. The first kappa shape index (κ1) is 10.4. The Labute approximate surface area is 98.7 Å². The number of benzene rings is 1. The fourth-order valence-electron chi connectivity index (χ4n) is 1.45. The fourth-order valence-corrected chi connectivity index (χ4v) is 1.77. The molecule has 15 heavy (non-hydrogen) atoms. The smallest absolute Gasteiger partial charge is 0.193 e. The second-order valence-corrected chi connectivity index (χ2v) is 4.15. The van der Waals surface area contributed by atoms with Gasteiger partial charge in [-0.2, -0.15) is 5.10 Å². The van der Waals surface area contributed by atoms with Crippen LogP contribution in [-0.4, -0.2) is 22.9 Å². The van der Waals surface area contributed by atoms with Gasteiger partial charge in [0.2, 0.25) is 0 Å². The standard InChI is InChI=1S/C10H10ClN3S/c1-6-8-5-7(11)3-4-9(8)12-10(15)14(2)13-6/h3-5H,1-2H3,(H,12,15). The summed E-state index contributed by atoms with van der Waals surface area (Å²) in [6.45, 7) is 1.93. The minimum atomic E-state index is 0.579. The molecule has 0 unspecified atom stereocenters. The average Bonchev–Trinajstić information content (AvgIpc) is 2.28. The van der Waals surface area contributed by atoms with Crippen molar-refractivity contribution < 1.29 is 0 Å². The number of halogens is 1. The summed E-state index contributed by atoms with van der Waals surface area (Å²) in [5.74, 6) is 0. The summed E-state index contributed by atoms with van der Waals surface area (Å²) < 4.78 is 0. The van der Waals surface area contributed by atoms with Crippen LogP contribution in [0.4, 0.5) is 5.69 Å². The van der Waals surface area contributed by atoms with Crippen molar-refractivity contribution in [2.45, 2.75) is 6.92 Å². The molecular formula is C10H10ClN3S. The molecule has 1 aromatic carbocycles. The number of anilines is 1. The Kier molecular flexibility index (Phi) is 2.63. The highest BCUT2D eigenvalue weighted by molar-refractivity contribution is 7.80. The Balaban J connectivity index is 2.58. The van der Waals surface area contributed by atoms with Gasteiger partial charge in [0.1, 0.15) is 0 Å². The van der Waals surface area contributed by atoms with E-state index in [0.29, 0.717) is 10.1 Å². The maximum absolute atomic E-state index is 5.94. The normalized spacial score (nSPS) is 15.3. The van der Waals surface area contributed by atoms with Gasteiger partial charge in [0, 0.05) is 23.3 Å². The number of hydrogen-bond donors (Lipinski definition) is 1. The molecule has 0 aromatic heterocycles. The van der Waals surface area contributed by atoms with Crippen molar-refractivity contribution in [2.24, 2.45) is 5.10 Å². The second-order valence-electron chi connectivity index (χ2n) is 3.33. The molecule has 0 fully saturated rings. The minimum Gasteiger partial charge on any atom is -0.331 e. The van der Waals surface area contributed by atoms with Crippen LogP contribution in [0, 0.1) is 0 Å². The highest BCUT2D eigenvalue weighted by Gasteiger charge is 2.14. The lowest BCUT2D eigenvalue weighted by Crippen LogP contribution is -2.25. The van der Waals surface area contributed by atoms with Crippen molar-refractivity contribution in [2.75, 3.05) is 12.4 Å². The topological polar surface area (TPSA) is 27.6 Å². The number of nitrogens with zero attached hydrogens (tertiary/aromatic N) is 2. The SMILES string of the molecule is CC1=NN(C)C(=S)Nc2ccc(Cl)cc21. The molecule has 5 heteroatoms. The number of nitrogens with one attached hydrogen (secondary N) is 1. The number of hydrogen-bond acceptors (Lipinski definition) is 2. The fraction of sp³-hybridized carbons (Fsp3) is 0.200. The predicted molar refractivity (Wildman–Crippen MR) is 67.6 cm³/mol. The number of fused-ring (bicyclic) bond motifs is 1. The van der Waals surface area contributed by atoms with E-state index in [1.807, 2.05) is 32.2 Å². The van der Waals surface area contributed by atoms with E-state index in [9.17, 15) is 0 Å². The van der Waals surface area contributed by atoms with Gasteiger partial charge in [-0.3, -0.25) is 0 Å². The summed E-state index contributed by atoms with van der Waals surface area (Å²) >= 11 is 11.1. The van der Waals surface area contributed by atoms with Crippen LogP contribution in [0.15, 0.2) is 23.3 Å². The molecule has 1 aromatic rings. The van der Waals surface area contributed by atoms with Crippen molar-refractivity contribution in [3.63, 3.8) is 0 Å². The zero-order valence-corrected chi connectivity index (χ0v) is 9.99. The Morgan fingerprint density at radius 1 is 1.47 bits per heavy atom. The quantitative estimate of drug-likeness (QED) is 0.706. The zero-order valence-electron chi connectivity index (χ0n) is 8.41. The first-order valence-electron chi connectivity index (χ1n) is 4.48. The van der Waals surface area contributed by atoms with Crippen LogP contribution in [-0.2, 0) is 0 Å². The molecule has 0 atom stereocenters. The molecule has 78 valence electrons. The monoisotopic (exact) mass is 239 g/mol. The van der Waals surface area contributed by atoms with E-state index in [1.54, 1.807) is 5.01 Å². The molecule has 1 aliphatic rings. The highest BCUT2D eigenvalue weighted by atomic mass is 35.5. The van der Waals surface area contributed by atoms with Crippen molar-refractivity contribution in [1.29, 1.82) is 0 Å². The van der Waals surface area contributed by atoms with Crippen LogP contribution in [0.5, 0.6) is 0 Å². The van der Waals surface area contributed by atoms with Crippen LogP contribution >= 0.6 is 23.8 Å². The zero-order chi connectivity index (χ0) is 11.0. The van der Waals surface area contributed by atoms with Crippen LogP contribution in [0.3, 0.4) is 0 Å². The maximum Gasteiger partial charge on any atom is 0.193 e. The van der Waals surface area contributed by atoms with Gasteiger partial charge in [0.15, 0.2) is 5.11 Å². The van der Waals surface area contributed by atoms with Gasteiger partial charge in [0.25, 0.3) is 0 Å². The van der Waals surface area contributed by atoms with Gasteiger partial charge in [-0.05, 0) is 37.3 Å². The van der Waals surface area contributed by atoms with E-state index >= 15 is 0 Å². The molecule has 0 amide bonds. The van der Waals surface area contributed by atoms with Gasteiger partial charge >= 0.3 is 0 Å². The predicted octanol–water partition coefficient (Wildman–Crippen LogP) is 2.71. The van der Waals surface area contributed by atoms with Gasteiger partial charge in [-0.1, -0.05) is 11.6 Å². The highest BCUT2D eigenvalue weighted by Crippen LogP contribution is 2.23. The van der Waals surface area contributed by atoms with Crippen LogP contribution in [0.1, 0.15) is 12.5 Å². The summed E-state index contributed by atoms with van der Waals surface area (Å²) in [6.07, 6.45) is 0. The third-order valence-corrected chi connectivity index (χ3v) is 2.81.